The molecule has 0 spiro atoms. The number of hydrogen-bond acceptors (Lipinski definition) is 4. The highest BCUT2D eigenvalue weighted by Crippen LogP contribution is 1.91. The first kappa shape index (κ1) is 5.81. The highest BCUT2D eigenvalue weighted by atomic mass is 15.7. The maximum atomic E-state index is 3.71. The van der Waals surface area contributed by atoms with E-state index in [1.807, 2.05) is 0 Å². The summed E-state index contributed by atoms with van der Waals surface area (Å²) in [5.74, 6) is 0. The van der Waals surface area contributed by atoms with Gasteiger partial charge in [0, 0.05) is 6.20 Å². The van der Waals surface area contributed by atoms with Crippen LogP contribution in [0.2, 0.25) is 0 Å². The molecule has 0 atom stereocenters. The predicted molar refractivity (Wildman–Crippen MR) is 34.0 cm³/mol. The Bertz CT molecular complexity index is 147. The Morgan fingerprint density at radius 1 is 1.78 bits per heavy atom. The first-order valence-corrected chi connectivity index (χ1v) is 2.64. The van der Waals surface area contributed by atoms with Crippen LogP contribution in [0.4, 0.5) is 0 Å². The van der Waals surface area contributed by atoms with E-state index in [1.165, 1.54) is 0 Å². The van der Waals surface area contributed by atoms with Gasteiger partial charge in [-0.25, -0.2) is 0 Å². The van der Waals surface area contributed by atoms with E-state index in [-0.39, 0.29) is 0 Å². The van der Waals surface area contributed by atoms with E-state index in [4.69, 9.17) is 0 Å². The third-order valence-corrected chi connectivity index (χ3v) is 0.826. The average molecular weight is 124 g/mol. The molecule has 4 nitrogen and oxygen atoms in total. The van der Waals surface area contributed by atoms with Gasteiger partial charge in [0.1, 0.15) is 0 Å². The minimum absolute atomic E-state index is 0.661. The van der Waals surface area contributed by atoms with Crippen LogP contribution in [-0.2, 0) is 0 Å². The number of nitrogens with zero attached hydrogens (tertiary/aromatic N) is 3. The van der Waals surface area contributed by atoms with Gasteiger partial charge in [-0.2, -0.15) is 5.12 Å². The molecule has 0 fully saturated rings. The molecule has 0 radical (unpaired) electrons. The van der Waals surface area contributed by atoms with E-state index < -0.39 is 0 Å². The Morgan fingerprint density at radius 3 is 3.22 bits per heavy atom. The first-order valence-electron chi connectivity index (χ1n) is 2.64. The summed E-state index contributed by atoms with van der Waals surface area (Å²) in [4.78, 5) is 0. The summed E-state index contributed by atoms with van der Waals surface area (Å²) in [7, 11) is 0. The van der Waals surface area contributed by atoms with E-state index in [0.717, 1.165) is 0 Å². The molecule has 0 bridgehead atoms. The van der Waals surface area contributed by atoms with Crippen LogP contribution in [-0.4, -0.2) is 11.7 Å². The quantitative estimate of drug-likeness (QED) is 0.554. The molecule has 0 unspecified atom stereocenters. The third-order valence-electron chi connectivity index (χ3n) is 0.826. The third kappa shape index (κ3) is 1.56. The maximum absolute atomic E-state index is 3.71. The van der Waals surface area contributed by atoms with Crippen molar-refractivity contribution >= 4 is 0 Å². The lowest BCUT2D eigenvalue weighted by atomic mass is 10.6. The summed E-state index contributed by atoms with van der Waals surface area (Å²) in [6.45, 7) is 4.21. The second-order valence-electron chi connectivity index (χ2n) is 1.52. The lowest BCUT2D eigenvalue weighted by Crippen LogP contribution is -2.29. The average Bonchev–Trinajstić information content (AvgIpc) is 1.91. The standard InChI is InChI=1S/C5H8N4/c1-2-5-9-7-4-3-6-8-9/h2-4,7H,1,5H2. The van der Waals surface area contributed by atoms with Crippen LogP contribution in [0, 0.1) is 0 Å². The Hall–Kier alpha value is -1.32. The van der Waals surface area contributed by atoms with Crippen LogP contribution in [0.25, 0.3) is 0 Å². The molecule has 4 heteroatoms. The zero-order valence-electron chi connectivity index (χ0n) is 4.99. The fourth-order valence-electron chi connectivity index (χ4n) is 0.482. The van der Waals surface area contributed by atoms with Crippen molar-refractivity contribution in [3.8, 4) is 0 Å². The number of hydrogen-bond donors (Lipinski definition) is 1. The largest absolute Gasteiger partial charge is 0.287 e. The van der Waals surface area contributed by atoms with Gasteiger partial charge in [-0.15, -0.1) is 11.7 Å². The van der Waals surface area contributed by atoms with Crippen LogP contribution in [0.15, 0.2) is 35.4 Å². The van der Waals surface area contributed by atoms with Crippen LogP contribution >= 0.6 is 0 Å². The van der Waals surface area contributed by atoms with E-state index in [2.05, 4.69) is 22.3 Å². The van der Waals surface area contributed by atoms with Crippen molar-refractivity contribution in [2.75, 3.05) is 6.54 Å². The summed E-state index contributed by atoms with van der Waals surface area (Å²) >= 11 is 0. The highest BCUT2D eigenvalue weighted by Gasteiger charge is 1.94. The second-order valence-corrected chi connectivity index (χ2v) is 1.52. The lowest BCUT2D eigenvalue weighted by Gasteiger charge is -2.15. The molecule has 0 saturated carbocycles. The molecule has 9 heavy (non-hydrogen) atoms. The molecule has 0 aromatic heterocycles. The summed E-state index contributed by atoms with van der Waals surface area (Å²) in [6.07, 6.45) is 5.03. The summed E-state index contributed by atoms with van der Waals surface area (Å²) in [6, 6.07) is 0. The van der Waals surface area contributed by atoms with Crippen molar-refractivity contribution in [2.45, 2.75) is 0 Å². The molecule has 1 aliphatic heterocycles. The van der Waals surface area contributed by atoms with Crippen LogP contribution in [0.1, 0.15) is 0 Å². The fourth-order valence-corrected chi connectivity index (χ4v) is 0.482. The summed E-state index contributed by atoms with van der Waals surface area (Å²) in [5.41, 5.74) is 2.84. The Kier molecular flexibility index (Phi) is 1.85. The van der Waals surface area contributed by atoms with Gasteiger partial charge in [0.2, 0.25) is 0 Å². The van der Waals surface area contributed by atoms with Crippen molar-refractivity contribution in [1.29, 1.82) is 0 Å². The van der Waals surface area contributed by atoms with Gasteiger partial charge in [-0.05, 0) is 0 Å². The van der Waals surface area contributed by atoms with Crippen molar-refractivity contribution < 1.29 is 0 Å². The van der Waals surface area contributed by atoms with Gasteiger partial charge < -0.3 is 0 Å². The predicted octanol–water partition coefficient (Wildman–Crippen LogP) is 0.831. The molecule has 1 heterocycles. The van der Waals surface area contributed by atoms with Gasteiger partial charge >= 0.3 is 0 Å². The van der Waals surface area contributed by atoms with Crippen molar-refractivity contribution in [3.05, 3.63) is 25.1 Å². The fraction of sp³-hybridized carbons (Fsp3) is 0.200. The topological polar surface area (TPSA) is 40.0 Å². The van der Waals surface area contributed by atoms with Crippen LogP contribution in [0.3, 0.4) is 0 Å². The van der Waals surface area contributed by atoms with Crippen LogP contribution < -0.4 is 5.43 Å². The minimum Gasteiger partial charge on any atom is -0.287 e. The van der Waals surface area contributed by atoms with Gasteiger partial charge in [0.05, 0.1) is 12.7 Å². The summed E-state index contributed by atoms with van der Waals surface area (Å²) < 4.78 is 0. The van der Waals surface area contributed by atoms with Crippen molar-refractivity contribution in [3.63, 3.8) is 0 Å². The molecule has 48 valence electrons. The molecular weight excluding hydrogens is 116 g/mol. The molecular formula is C5H8N4. The zero-order valence-corrected chi connectivity index (χ0v) is 4.99. The molecule has 1 rings (SSSR count). The molecule has 0 amide bonds. The lowest BCUT2D eigenvalue weighted by molar-refractivity contribution is 0.233. The highest BCUT2D eigenvalue weighted by molar-refractivity contribution is 4.79. The SMILES string of the molecule is C=CCN1N=NC=CN1. The molecule has 0 aliphatic carbocycles. The van der Waals surface area contributed by atoms with Gasteiger partial charge in [0.25, 0.3) is 0 Å². The van der Waals surface area contributed by atoms with E-state index in [9.17, 15) is 0 Å². The van der Waals surface area contributed by atoms with E-state index in [0.29, 0.717) is 6.54 Å². The second kappa shape index (κ2) is 2.86. The molecule has 0 aromatic rings. The number of hydrazine groups is 1. The van der Waals surface area contributed by atoms with E-state index in [1.54, 1.807) is 23.6 Å². The molecule has 0 saturated heterocycles. The minimum atomic E-state index is 0.661. The maximum Gasteiger partial charge on any atom is 0.0780 e. The van der Waals surface area contributed by atoms with Crippen molar-refractivity contribution in [1.82, 2.24) is 10.5 Å². The normalized spacial score (nSPS) is 15.3. The molecule has 0 aromatic carbocycles. The van der Waals surface area contributed by atoms with Gasteiger partial charge in [-0.3, -0.25) is 5.43 Å². The van der Waals surface area contributed by atoms with Crippen molar-refractivity contribution in [2.24, 2.45) is 10.3 Å². The molecule has 1 aliphatic rings. The Labute approximate surface area is 53.5 Å². The summed E-state index contributed by atoms with van der Waals surface area (Å²) in [5, 5.41) is 8.92. The van der Waals surface area contributed by atoms with E-state index >= 15 is 0 Å². The zero-order chi connectivity index (χ0) is 6.53. The van der Waals surface area contributed by atoms with Gasteiger partial charge in [-0.1, -0.05) is 11.3 Å². The van der Waals surface area contributed by atoms with Crippen LogP contribution in [0.5, 0.6) is 0 Å². The molecule has 1 N–H and O–H groups in total. The first-order chi connectivity index (χ1) is 4.43. The van der Waals surface area contributed by atoms with Gasteiger partial charge in [0.15, 0.2) is 0 Å². The smallest absolute Gasteiger partial charge is 0.0780 e. The number of rotatable bonds is 2. The Morgan fingerprint density at radius 2 is 2.67 bits per heavy atom. The monoisotopic (exact) mass is 124 g/mol. The number of nitrogens with one attached hydrogen (secondary N) is 1. The Balaban J connectivity index is 2.36.